The molecule has 1 aliphatic rings. The van der Waals surface area contributed by atoms with Gasteiger partial charge in [-0.25, -0.2) is 15.0 Å². The van der Waals surface area contributed by atoms with Gasteiger partial charge >= 0.3 is 0 Å². The van der Waals surface area contributed by atoms with Gasteiger partial charge in [0.1, 0.15) is 18.1 Å². The zero-order valence-corrected chi connectivity index (χ0v) is 10.0. The van der Waals surface area contributed by atoms with Gasteiger partial charge in [-0.3, -0.25) is 4.57 Å². The summed E-state index contributed by atoms with van der Waals surface area (Å²) in [5.74, 6) is -0.179. The molecule has 2 aromatic rings. The Hall–Kier alpha value is -1.28. The predicted molar refractivity (Wildman–Crippen MR) is 61.9 cm³/mol. The maximum atomic E-state index is 9.30. The second kappa shape index (κ2) is 4.43. The number of ether oxygens (including phenoxy) is 1. The molecule has 8 heteroatoms. The van der Waals surface area contributed by atoms with Crippen molar-refractivity contribution in [3.63, 3.8) is 0 Å². The van der Waals surface area contributed by atoms with E-state index in [2.05, 4.69) is 15.0 Å². The number of halogens is 1. The first-order valence-corrected chi connectivity index (χ1v) is 5.84. The van der Waals surface area contributed by atoms with Crippen LogP contribution in [0.25, 0.3) is 11.2 Å². The van der Waals surface area contributed by atoms with Crippen LogP contribution in [0.2, 0.25) is 5.15 Å². The topological polar surface area (TPSA) is 93.3 Å². The van der Waals surface area contributed by atoms with Gasteiger partial charge < -0.3 is 14.9 Å². The Bertz CT molecular complexity index is 575. The minimum Gasteiger partial charge on any atom is -0.396 e. The predicted octanol–water partition coefficient (Wildman–Crippen LogP) is -0.0221. The molecule has 3 atom stereocenters. The number of imidazole rings is 1. The van der Waals surface area contributed by atoms with Gasteiger partial charge in [0, 0.05) is 0 Å². The van der Waals surface area contributed by atoms with Crippen molar-refractivity contribution in [3.8, 4) is 0 Å². The van der Waals surface area contributed by atoms with Gasteiger partial charge in [0.15, 0.2) is 10.8 Å². The molecular weight excluding hydrogens is 260 g/mol. The summed E-state index contributed by atoms with van der Waals surface area (Å²) in [6, 6.07) is 0. The maximum Gasteiger partial charge on any atom is 0.166 e. The van der Waals surface area contributed by atoms with E-state index >= 15 is 0 Å². The number of nitrogens with zero attached hydrogens (tertiary/aromatic N) is 4. The van der Waals surface area contributed by atoms with Crippen LogP contribution in [0.1, 0.15) is 6.23 Å². The van der Waals surface area contributed by atoms with Crippen LogP contribution in [-0.2, 0) is 4.74 Å². The van der Waals surface area contributed by atoms with Crippen molar-refractivity contribution in [2.45, 2.75) is 12.3 Å². The molecule has 0 saturated carbocycles. The highest BCUT2D eigenvalue weighted by molar-refractivity contribution is 6.33. The van der Waals surface area contributed by atoms with Gasteiger partial charge in [-0.2, -0.15) is 0 Å². The summed E-state index contributed by atoms with van der Waals surface area (Å²) in [7, 11) is 0. The number of hydrogen-bond donors (Lipinski definition) is 2. The molecule has 0 spiro atoms. The minimum absolute atomic E-state index is 0.0750. The fraction of sp³-hybridized carbons (Fsp3) is 0.500. The summed E-state index contributed by atoms with van der Waals surface area (Å²) in [6.07, 6.45) is 2.16. The first-order chi connectivity index (χ1) is 8.76. The molecule has 2 aromatic heterocycles. The van der Waals surface area contributed by atoms with Gasteiger partial charge in [-0.05, 0) is 0 Å². The van der Waals surface area contributed by atoms with Crippen LogP contribution in [0.3, 0.4) is 0 Å². The Labute approximate surface area is 107 Å². The number of fused-ring (bicyclic) bond motifs is 1. The van der Waals surface area contributed by atoms with Gasteiger partial charge in [-0.15, -0.1) is 0 Å². The number of aromatic nitrogens is 4. The highest BCUT2D eigenvalue weighted by Crippen LogP contribution is 2.38. The number of hydrogen-bond acceptors (Lipinski definition) is 6. The minimum atomic E-state index is -0.386. The van der Waals surface area contributed by atoms with Crippen LogP contribution in [0.15, 0.2) is 12.7 Å². The largest absolute Gasteiger partial charge is 0.396 e. The Kier molecular flexibility index (Phi) is 2.90. The van der Waals surface area contributed by atoms with Crippen LogP contribution < -0.4 is 0 Å². The Morgan fingerprint density at radius 1 is 1.28 bits per heavy atom. The summed E-state index contributed by atoms with van der Waals surface area (Å²) < 4.78 is 7.18. The van der Waals surface area contributed by atoms with E-state index in [0.717, 1.165) is 0 Å². The lowest BCUT2D eigenvalue weighted by atomic mass is 9.95. The Morgan fingerprint density at radius 2 is 2.11 bits per heavy atom. The normalized spacial score (nSPS) is 27.4. The molecule has 2 N–H and O–H groups in total. The molecular formula is C10H11ClN4O3. The van der Waals surface area contributed by atoms with Crippen LogP contribution in [0, 0.1) is 5.92 Å². The van der Waals surface area contributed by atoms with Crippen molar-refractivity contribution in [1.82, 2.24) is 19.5 Å². The fourth-order valence-corrected chi connectivity index (χ4v) is 2.32. The molecule has 0 aromatic carbocycles. The van der Waals surface area contributed by atoms with E-state index in [0.29, 0.717) is 11.2 Å². The Morgan fingerprint density at radius 3 is 2.83 bits per heavy atom. The van der Waals surface area contributed by atoms with Crippen molar-refractivity contribution in [3.05, 3.63) is 17.8 Å². The van der Waals surface area contributed by atoms with Gasteiger partial charge in [0.05, 0.1) is 31.6 Å². The highest BCUT2D eigenvalue weighted by Gasteiger charge is 2.43. The lowest BCUT2D eigenvalue weighted by Gasteiger charge is -2.43. The van der Waals surface area contributed by atoms with E-state index in [9.17, 15) is 5.11 Å². The molecule has 3 rings (SSSR count). The summed E-state index contributed by atoms with van der Waals surface area (Å²) in [5, 5.41) is 18.6. The maximum absolute atomic E-state index is 9.30. The van der Waals surface area contributed by atoms with E-state index < -0.39 is 0 Å². The molecule has 0 aliphatic carbocycles. The summed E-state index contributed by atoms with van der Waals surface area (Å²) >= 11 is 5.91. The van der Waals surface area contributed by atoms with E-state index in [1.807, 2.05) is 0 Å². The molecule has 1 fully saturated rings. The van der Waals surface area contributed by atoms with Gasteiger partial charge in [0.25, 0.3) is 0 Å². The van der Waals surface area contributed by atoms with Crippen molar-refractivity contribution < 1.29 is 14.9 Å². The summed E-state index contributed by atoms with van der Waals surface area (Å²) in [4.78, 5) is 12.1. The molecule has 1 aliphatic heterocycles. The van der Waals surface area contributed by atoms with Crippen LogP contribution in [-0.4, -0.2) is 49.0 Å². The molecule has 0 radical (unpaired) electrons. The van der Waals surface area contributed by atoms with E-state index in [-0.39, 0.29) is 36.6 Å². The number of rotatable bonds is 3. The standard InChI is InChI=1S/C10H11ClN4O3/c11-8-7-9(13-3-12-8)15(4-14-7)10-5(1-16)6(2-17)18-10/h3-6,10,16-17H,1-2H2. The monoisotopic (exact) mass is 270 g/mol. The van der Waals surface area contributed by atoms with Crippen molar-refractivity contribution in [2.24, 2.45) is 5.92 Å². The summed E-state index contributed by atoms with van der Waals surface area (Å²) in [5.41, 5.74) is 1.04. The van der Waals surface area contributed by atoms with Crippen LogP contribution in [0.5, 0.6) is 0 Å². The molecule has 3 unspecified atom stereocenters. The average Bonchev–Trinajstić information content (AvgIpc) is 2.75. The lowest BCUT2D eigenvalue weighted by molar-refractivity contribution is -0.243. The van der Waals surface area contributed by atoms with Gasteiger partial charge in [0.2, 0.25) is 0 Å². The van der Waals surface area contributed by atoms with E-state index in [4.69, 9.17) is 21.4 Å². The molecule has 96 valence electrons. The Balaban J connectivity index is 1.99. The van der Waals surface area contributed by atoms with Crippen molar-refractivity contribution in [2.75, 3.05) is 13.2 Å². The smallest absolute Gasteiger partial charge is 0.166 e. The SMILES string of the molecule is OCC1OC(n2cnc3c(Cl)ncnc32)C1CO. The second-order valence-electron chi connectivity index (χ2n) is 4.08. The second-order valence-corrected chi connectivity index (χ2v) is 4.44. The average molecular weight is 271 g/mol. The first kappa shape index (κ1) is 11.8. The first-order valence-electron chi connectivity index (χ1n) is 5.46. The zero-order valence-electron chi connectivity index (χ0n) is 9.27. The number of aliphatic hydroxyl groups is 2. The third-order valence-corrected chi connectivity index (χ3v) is 3.41. The van der Waals surface area contributed by atoms with Crippen LogP contribution >= 0.6 is 11.6 Å². The highest BCUT2D eigenvalue weighted by atomic mass is 35.5. The van der Waals surface area contributed by atoms with E-state index in [1.165, 1.54) is 6.33 Å². The van der Waals surface area contributed by atoms with E-state index in [1.54, 1.807) is 10.9 Å². The van der Waals surface area contributed by atoms with Crippen LogP contribution in [0.4, 0.5) is 0 Å². The fourth-order valence-electron chi connectivity index (χ4n) is 2.14. The third kappa shape index (κ3) is 1.59. The quantitative estimate of drug-likeness (QED) is 0.761. The molecule has 0 amide bonds. The molecule has 0 bridgehead atoms. The molecule has 18 heavy (non-hydrogen) atoms. The molecule has 3 heterocycles. The third-order valence-electron chi connectivity index (χ3n) is 3.14. The molecule has 1 saturated heterocycles. The van der Waals surface area contributed by atoms with Crippen molar-refractivity contribution >= 4 is 22.8 Å². The zero-order chi connectivity index (χ0) is 12.7. The lowest BCUT2D eigenvalue weighted by Crippen LogP contribution is -2.49. The number of aliphatic hydroxyl groups excluding tert-OH is 2. The molecule has 7 nitrogen and oxygen atoms in total. The van der Waals surface area contributed by atoms with Crippen molar-refractivity contribution in [1.29, 1.82) is 0 Å². The summed E-state index contributed by atoms with van der Waals surface area (Å²) in [6.45, 7) is -0.196. The van der Waals surface area contributed by atoms with Gasteiger partial charge in [-0.1, -0.05) is 11.6 Å².